The van der Waals surface area contributed by atoms with Crippen molar-refractivity contribution in [2.24, 2.45) is 5.73 Å². The number of hydrogen-bond acceptors (Lipinski definition) is 2. The molecule has 19 heavy (non-hydrogen) atoms. The lowest BCUT2D eigenvalue weighted by Crippen LogP contribution is -2.14. The Balaban J connectivity index is 2.09. The summed E-state index contributed by atoms with van der Waals surface area (Å²) in [7, 11) is 0. The highest BCUT2D eigenvalue weighted by Gasteiger charge is 2.18. The van der Waals surface area contributed by atoms with Gasteiger partial charge in [0.25, 0.3) is 0 Å². The fraction of sp³-hybridized carbons (Fsp3) is 0.438. The Hall–Kier alpha value is -1.61. The van der Waals surface area contributed by atoms with E-state index in [4.69, 9.17) is 5.73 Å². The summed E-state index contributed by atoms with van der Waals surface area (Å²) < 4.78 is 2.25. The maximum absolute atomic E-state index is 6.24. The van der Waals surface area contributed by atoms with E-state index in [9.17, 15) is 0 Å². The van der Waals surface area contributed by atoms with Gasteiger partial charge in [-0.2, -0.15) is 0 Å². The number of para-hydroxylation sites is 1. The van der Waals surface area contributed by atoms with E-state index in [2.05, 4.69) is 40.7 Å². The summed E-state index contributed by atoms with van der Waals surface area (Å²) in [6.07, 6.45) is 7.70. The Bertz CT molecular complexity index is 571. The predicted molar refractivity (Wildman–Crippen MR) is 77.4 cm³/mol. The zero-order valence-corrected chi connectivity index (χ0v) is 11.5. The molecule has 1 aliphatic carbocycles. The molecule has 3 heteroatoms. The fourth-order valence-electron chi connectivity index (χ4n) is 2.92. The fourth-order valence-corrected chi connectivity index (χ4v) is 2.92. The standard InChI is InChI=1S/C16H21N3/c1-2-13(17)12-7-3-5-9-15(12)19-11-18-14-8-4-6-10-16(14)19/h3,5,7,9,11,13H,2,4,6,8,10,17H2,1H3/t13-/m0/s1. The smallest absolute Gasteiger partial charge is 0.0997 e. The Morgan fingerprint density at radius 1 is 1.26 bits per heavy atom. The zero-order valence-electron chi connectivity index (χ0n) is 11.5. The first-order valence-corrected chi connectivity index (χ1v) is 7.21. The van der Waals surface area contributed by atoms with E-state index >= 15 is 0 Å². The van der Waals surface area contributed by atoms with Gasteiger partial charge in [0.2, 0.25) is 0 Å². The van der Waals surface area contributed by atoms with E-state index in [-0.39, 0.29) is 6.04 Å². The number of imidazole rings is 1. The number of nitrogens with zero attached hydrogens (tertiary/aromatic N) is 2. The Labute approximate surface area is 114 Å². The highest BCUT2D eigenvalue weighted by Crippen LogP contribution is 2.27. The first-order valence-electron chi connectivity index (χ1n) is 7.21. The van der Waals surface area contributed by atoms with Gasteiger partial charge in [0, 0.05) is 11.7 Å². The lowest BCUT2D eigenvalue weighted by Gasteiger charge is -2.19. The third kappa shape index (κ3) is 2.19. The molecule has 3 nitrogen and oxygen atoms in total. The minimum atomic E-state index is 0.0952. The average Bonchev–Trinajstić information content (AvgIpc) is 2.90. The molecule has 0 spiro atoms. The van der Waals surface area contributed by atoms with E-state index in [1.54, 1.807) is 0 Å². The number of rotatable bonds is 3. The molecule has 0 radical (unpaired) electrons. The summed E-state index contributed by atoms with van der Waals surface area (Å²) in [5, 5.41) is 0. The first kappa shape index (κ1) is 12.4. The maximum Gasteiger partial charge on any atom is 0.0997 e. The highest BCUT2D eigenvalue weighted by atomic mass is 15.1. The van der Waals surface area contributed by atoms with Crippen molar-refractivity contribution in [2.75, 3.05) is 0 Å². The Kier molecular flexibility index (Phi) is 3.38. The molecule has 0 bridgehead atoms. The van der Waals surface area contributed by atoms with E-state index < -0.39 is 0 Å². The van der Waals surface area contributed by atoms with Gasteiger partial charge in [-0.05, 0) is 43.7 Å². The molecule has 0 fully saturated rings. The maximum atomic E-state index is 6.24. The van der Waals surface area contributed by atoms with Crippen LogP contribution < -0.4 is 5.73 Å². The third-order valence-electron chi connectivity index (χ3n) is 4.07. The molecule has 2 aromatic rings. The highest BCUT2D eigenvalue weighted by molar-refractivity contribution is 5.45. The van der Waals surface area contributed by atoms with Crippen LogP contribution in [0.3, 0.4) is 0 Å². The number of hydrogen-bond donors (Lipinski definition) is 1. The van der Waals surface area contributed by atoms with Crippen LogP contribution in [-0.4, -0.2) is 9.55 Å². The van der Waals surface area contributed by atoms with Gasteiger partial charge in [-0.1, -0.05) is 25.1 Å². The molecule has 1 heterocycles. The number of benzene rings is 1. The summed E-state index contributed by atoms with van der Waals surface area (Å²) in [4.78, 5) is 4.58. The molecule has 0 saturated carbocycles. The van der Waals surface area contributed by atoms with Crippen LogP contribution in [0.2, 0.25) is 0 Å². The molecule has 1 aromatic carbocycles. The van der Waals surface area contributed by atoms with Crippen molar-refractivity contribution < 1.29 is 0 Å². The van der Waals surface area contributed by atoms with Crippen molar-refractivity contribution in [3.05, 3.63) is 47.5 Å². The molecular formula is C16H21N3. The number of fused-ring (bicyclic) bond motifs is 1. The molecule has 0 aliphatic heterocycles. The first-order chi connectivity index (χ1) is 9.31. The van der Waals surface area contributed by atoms with Gasteiger partial charge in [-0.3, -0.25) is 0 Å². The third-order valence-corrected chi connectivity index (χ3v) is 4.07. The van der Waals surface area contributed by atoms with Crippen LogP contribution in [0.25, 0.3) is 5.69 Å². The summed E-state index contributed by atoms with van der Waals surface area (Å²) in [6.45, 7) is 2.13. The molecule has 2 N–H and O–H groups in total. The topological polar surface area (TPSA) is 43.8 Å². The second kappa shape index (κ2) is 5.17. The second-order valence-electron chi connectivity index (χ2n) is 5.29. The normalized spacial score (nSPS) is 16.1. The van der Waals surface area contributed by atoms with Gasteiger partial charge in [-0.25, -0.2) is 4.98 Å². The van der Waals surface area contributed by atoms with Gasteiger partial charge in [0.15, 0.2) is 0 Å². The van der Waals surface area contributed by atoms with Crippen molar-refractivity contribution >= 4 is 0 Å². The molecule has 100 valence electrons. The molecule has 3 rings (SSSR count). The van der Waals surface area contributed by atoms with Crippen molar-refractivity contribution in [1.29, 1.82) is 0 Å². The van der Waals surface area contributed by atoms with Crippen LogP contribution >= 0.6 is 0 Å². The van der Waals surface area contributed by atoms with Crippen molar-refractivity contribution in [3.8, 4) is 5.69 Å². The van der Waals surface area contributed by atoms with Crippen molar-refractivity contribution in [3.63, 3.8) is 0 Å². The lowest BCUT2D eigenvalue weighted by molar-refractivity contribution is 0.650. The van der Waals surface area contributed by atoms with Crippen LogP contribution in [0.5, 0.6) is 0 Å². The summed E-state index contributed by atoms with van der Waals surface area (Å²) in [5.41, 5.74) is 11.3. The largest absolute Gasteiger partial charge is 0.324 e. The van der Waals surface area contributed by atoms with Gasteiger partial charge in [0.05, 0.1) is 17.7 Å². The molecule has 0 saturated heterocycles. The predicted octanol–water partition coefficient (Wildman–Crippen LogP) is 3.16. The Morgan fingerprint density at radius 3 is 2.89 bits per heavy atom. The molecule has 1 atom stereocenters. The Morgan fingerprint density at radius 2 is 2.05 bits per heavy atom. The second-order valence-corrected chi connectivity index (χ2v) is 5.29. The van der Waals surface area contributed by atoms with Crippen LogP contribution in [-0.2, 0) is 12.8 Å². The van der Waals surface area contributed by atoms with Crippen LogP contribution in [0, 0.1) is 0 Å². The summed E-state index contributed by atoms with van der Waals surface area (Å²) in [6, 6.07) is 8.53. The summed E-state index contributed by atoms with van der Waals surface area (Å²) >= 11 is 0. The molecule has 0 amide bonds. The van der Waals surface area contributed by atoms with Crippen molar-refractivity contribution in [2.45, 2.75) is 45.1 Å². The van der Waals surface area contributed by atoms with E-state index in [0.717, 1.165) is 19.3 Å². The number of nitrogens with two attached hydrogens (primary N) is 1. The van der Waals surface area contributed by atoms with Gasteiger partial charge in [-0.15, -0.1) is 0 Å². The van der Waals surface area contributed by atoms with Crippen LogP contribution in [0.4, 0.5) is 0 Å². The van der Waals surface area contributed by atoms with Crippen LogP contribution in [0.15, 0.2) is 30.6 Å². The molecule has 1 aliphatic rings. The quantitative estimate of drug-likeness (QED) is 0.915. The summed E-state index contributed by atoms with van der Waals surface area (Å²) in [5.74, 6) is 0. The number of aromatic nitrogens is 2. The molecule has 1 aromatic heterocycles. The van der Waals surface area contributed by atoms with E-state index in [0.29, 0.717) is 0 Å². The monoisotopic (exact) mass is 255 g/mol. The van der Waals surface area contributed by atoms with Crippen molar-refractivity contribution in [1.82, 2.24) is 9.55 Å². The number of aryl methyl sites for hydroxylation is 1. The van der Waals surface area contributed by atoms with Gasteiger partial charge < -0.3 is 10.3 Å². The van der Waals surface area contributed by atoms with E-state index in [1.165, 1.54) is 35.5 Å². The SMILES string of the molecule is CC[C@H](N)c1ccccc1-n1cnc2c1CCCC2. The zero-order chi connectivity index (χ0) is 13.2. The minimum Gasteiger partial charge on any atom is -0.324 e. The minimum absolute atomic E-state index is 0.0952. The average molecular weight is 255 g/mol. The van der Waals surface area contributed by atoms with E-state index in [1.807, 2.05) is 6.33 Å². The van der Waals surface area contributed by atoms with Gasteiger partial charge >= 0.3 is 0 Å². The lowest BCUT2D eigenvalue weighted by atomic mass is 9.99. The van der Waals surface area contributed by atoms with Gasteiger partial charge in [0.1, 0.15) is 0 Å². The molecule has 0 unspecified atom stereocenters. The van der Waals surface area contributed by atoms with Crippen LogP contribution in [0.1, 0.15) is 49.2 Å². The molecular weight excluding hydrogens is 234 g/mol.